The van der Waals surface area contributed by atoms with E-state index in [0.717, 1.165) is 22.1 Å². The first-order valence-electron chi connectivity index (χ1n) is 9.16. The van der Waals surface area contributed by atoms with Crippen molar-refractivity contribution in [2.75, 3.05) is 14.2 Å². The van der Waals surface area contributed by atoms with Gasteiger partial charge in [-0.05, 0) is 53.1 Å². The molecule has 0 bridgehead atoms. The number of methoxy groups -OCH3 is 1. The smallest absolute Gasteiger partial charge is 0.269 e. The fourth-order valence-corrected chi connectivity index (χ4v) is 3.07. The summed E-state index contributed by atoms with van der Waals surface area (Å²) in [6.45, 7) is 1.84. The number of nitro benzene ring substituents is 1. The maximum atomic E-state index is 12.6. The number of likely N-dealkylation sites (N-methyl/N-ethyl adjacent to an activating group) is 1. The van der Waals surface area contributed by atoms with Crippen LogP contribution in [0.15, 0.2) is 66.7 Å². The number of benzene rings is 3. The largest absolute Gasteiger partial charge is 0.497 e. The molecule has 29 heavy (non-hydrogen) atoms. The van der Waals surface area contributed by atoms with Gasteiger partial charge in [0.15, 0.2) is 0 Å². The predicted molar refractivity (Wildman–Crippen MR) is 114 cm³/mol. The third kappa shape index (κ3) is 4.60. The summed E-state index contributed by atoms with van der Waals surface area (Å²) in [6.07, 6.45) is 3.28. The lowest BCUT2D eigenvalue weighted by Gasteiger charge is -2.24. The molecule has 0 heterocycles. The Bertz CT molecular complexity index is 1090. The molecule has 3 aromatic carbocycles. The molecule has 0 aliphatic carbocycles. The van der Waals surface area contributed by atoms with Crippen molar-refractivity contribution in [1.29, 1.82) is 0 Å². The quantitative estimate of drug-likeness (QED) is 0.338. The molecular weight excluding hydrogens is 368 g/mol. The first-order chi connectivity index (χ1) is 13.9. The van der Waals surface area contributed by atoms with Crippen LogP contribution in [-0.2, 0) is 4.79 Å². The molecule has 3 rings (SSSR count). The molecule has 0 aromatic heterocycles. The van der Waals surface area contributed by atoms with Crippen LogP contribution in [0.1, 0.15) is 24.1 Å². The molecule has 0 fully saturated rings. The van der Waals surface area contributed by atoms with Crippen molar-refractivity contribution in [3.8, 4) is 5.75 Å². The molecule has 0 saturated carbocycles. The monoisotopic (exact) mass is 390 g/mol. The van der Waals surface area contributed by atoms with E-state index in [0.29, 0.717) is 5.56 Å². The van der Waals surface area contributed by atoms with Gasteiger partial charge in [0.05, 0.1) is 18.1 Å². The molecule has 3 aromatic rings. The molecule has 1 amide bonds. The second-order valence-corrected chi connectivity index (χ2v) is 6.78. The summed E-state index contributed by atoms with van der Waals surface area (Å²) < 4.78 is 5.24. The first-order valence-corrected chi connectivity index (χ1v) is 9.16. The third-order valence-electron chi connectivity index (χ3n) is 4.98. The van der Waals surface area contributed by atoms with E-state index in [4.69, 9.17) is 4.74 Å². The average molecular weight is 390 g/mol. The average Bonchev–Trinajstić information content (AvgIpc) is 2.75. The summed E-state index contributed by atoms with van der Waals surface area (Å²) in [4.78, 5) is 24.7. The summed E-state index contributed by atoms with van der Waals surface area (Å²) in [5.74, 6) is 0.617. The van der Waals surface area contributed by atoms with E-state index < -0.39 is 4.92 Å². The number of nitro groups is 1. The minimum atomic E-state index is -0.437. The Labute approximate surface area is 169 Å². The fourth-order valence-electron chi connectivity index (χ4n) is 3.07. The van der Waals surface area contributed by atoms with Gasteiger partial charge in [0.25, 0.3) is 5.69 Å². The van der Waals surface area contributed by atoms with Gasteiger partial charge in [0, 0.05) is 25.3 Å². The zero-order valence-electron chi connectivity index (χ0n) is 16.5. The van der Waals surface area contributed by atoms with Gasteiger partial charge >= 0.3 is 0 Å². The number of hydrogen-bond acceptors (Lipinski definition) is 4. The number of ether oxygens (including phenoxy) is 1. The van der Waals surface area contributed by atoms with Crippen molar-refractivity contribution in [2.45, 2.75) is 13.0 Å². The van der Waals surface area contributed by atoms with Gasteiger partial charge in [0.1, 0.15) is 5.75 Å². The molecule has 0 aliphatic heterocycles. The minimum absolute atomic E-state index is 0.0125. The lowest BCUT2D eigenvalue weighted by atomic mass is 10.1. The summed E-state index contributed by atoms with van der Waals surface area (Å²) in [7, 11) is 3.32. The second kappa shape index (κ2) is 8.56. The van der Waals surface area contributed by atoms with Crippen LogP contribution in [0.2, 0.25) is 0 Å². The van der Waals surface area contributed by atoms with E-state index in [-0.39, 0.29) is 17.6 Å². The van der Waals surface area contributed by atoms with E-state index in [1.165, 1.54) is 18.2 Å². The van der Waals surface area contributed by atoms with Gasteiger partial charge in [-0.15, -0.1) is 0 Å². The molecule has 0 radical (unpaired) electrons. The zero-order valence-corrected chi connectivity index (χ0v) is 16.5. The van der Waals surface area contributed by atoms with E-state index in [2.05, 4.69) is 0 Å². The van der Waals surface area contributed by atoms with E-state index in [1.54, 1.807) is 37.3 Å². The topological polar surface area (TPSA) is 72.7 Å². The van der Waals surface area contributed by atoms with Crippen molar-refractivity contribution in [2.24, 2.45) is 0 Å². The van der Waals surface area contributed by atoms with Crippen LogP contribution in [0, 0.1) is 10.1 Å². The standard InChI is InChI=1S/C23H22N2O4/c1-16(18-5-4-6-21(14-18)25(27)28)24(2)23(26)12-8-17-7-9-20-15-22(29-3)11-10-19(20)13-17/h4-16H,1-3H3/b12-8+/t16-/m0/s1. The van der Waals surface area contributed by atoms with E-state index in [9.17, 15) is 14.9 Å². The molecular formula is C23H22N2O4. The van der Waals surface area contributed by atoms with Gasteiger partial charge < -0.3 is 9.64 Å². The number of nitrogens with zero attached hydrogens (tertiary/aromatic N) is 2. The van der Waals surface area contributed by atoms with Crippen LogP contribution in [0.3, 0.4) is 0 Å². The molecule has 148 valence electrons. The molecule has 6 heteroatoms. The molecule has 6 nitrogen and oxygen atoms in total. The Morgan fingerprint density at radius 2 is 1.83 bits per heavy atom. The van der Waals surface area contributed by atoms with Crippen molar-refractivity contribution in [1.82, 2.24) is 4.90 Å². The molecule has 0 aliphatic rings. The number of carbonyl (C=O) groups is 1. The van der Waals surface area contributed by atoms with Gasteiger partial charge in [-0.2, -0.15) is 0 Å². The van der Waals surface area contributed by atoms with Crippen LogP contribution in [0.4, 0.5) is 5.69 Å². The van der Waals surface area contributed by atoms with Gasteiger partial charge in [-0.3, -0.25) is 14.9 Å². The Balaban J connectivity index is 1.74. The molecule has 0 N–H and O–H groups in total. The highest BCUT2D eigenvalue weighted by molar-refractivity contribution is 5.93. The van der Waals surface area contributed by atoms with Crippen LogP contribution in [0.25, 0.3) is 16.8 Å². The predicted octanol–water partition coefficient (Wildman–Crippen LogP) is 4.99. The zero-order chi connectivity index (χ0) is 21.0. The highest BCUT2D eigenvalue weighted by Crippen LogP contribution is 2.24. The van der Waals surface area contributed by atoms with Crippen LogP contribution in [-0.4, -0.2) is 29.9 Å². The van der Waals surface area contributed by atoms with Crippen molar-refractivity contribution < 1.29 is 14.5 Å². The minimum Gasteiger partial charge on any atom is -0.497 e. The summed E-state index contributed by atoms with van der Waals surface area (Å²) >= 11 is 0. The second-order valence-electron chi connectivity index (χ2n) is 6.78. The van der Waals surface area contributed by atoms with Crippen molar-refractivity contribution in [3.63, 3.8) is 0 Å². The van der Waals surface area contributed by atoms with Gasteiger partial charge in [-0.1, -0.05) is 30.3 Å². The lowest BCUT2D eigenvalue weighted by Crippen LogP contribution is -2.28. The highest BCUT2D eigenvalue weighted by Gasteiger charge is 2.17. The Morgan fingerprint density at radius 1 is 1.10 bits per heavy atom. The SMILES string of the molecule is COc1ccc2cc(/C=C/C(=O)N(C)[C@@H](C)c3cccc([N+](=O)[O-])c3)ccc2c1. The van der Waals surface area contributed by atoms with Crippen LogP contribution >= 0.6 is 0 Å². The number of fused-ring (bicyclic) bond motifs is 1. The molecule has 0 unspecified atom stereocenters. The van der Waals surface area contributed by atoms with E-state index in [1.807, 2.05) is 43.3 Å². The number of carbonyl (C=O) groups excluding carboxylic acids is 1. The van der Waals surface area contributed by atoms with Crippen molar-refractivity contribution in [3.05, 3.63) is 88.0 Å². The Morgan fingerprint density at radius 3 is 2.55 bits per heavy atom. The van der Waals surface area contributed by atoms with Crippen LogP contribution in [0.5, 0.6) is 5.75 Å². The maximum absolute atomic E-state index is 12.6. The maximum Gasteiger partial charge on any atom is 0.269 e. The summed E-state index contributed by atoms with van der Waals surface area (Å²) in [6, 6.07) is 17.8. The Hall–Kier alpha value is -3.67. The fraction of sp³-hybridized carbons (Fsp3) is 0.174. The third-order valence-corrected chi connectivity index (χ3v) is 4.98. The molecule has 1 atom stereocenters. The van der Waals surface area contributed by atoms with Gasteiger partial charge in [0.2, 0.25) is 5.91 Å². The molecule has 0 saturated heterocycles. The molecule has 0 spiro atoms. The van der Waals surface area contributed by atoms with E-state index >= 15 is 0 Å². The number of rotatable bonds is 6. The summed E-state index contributed by atoms with van der Waals surface area (Å²) in [5, 5.41) is 13.1. The number of hydrogen-bond donors (Lipinski definition) is 0. The highest BCUT2D eigenvalue weighted by atomic mass is 16.6. The lowest BCUT2D eigenvalue weighted by molar-refractivity contribution is -0.384. The summed E-state index contributed by atoms with van der Waals surface area (Å²) in [5.41, 5.74) is 1.63. The van der Waals surface area contributed by atoms with Gasteiger partial charge in [-0.25, -0.2) is 0 Å². The normalized spacial score (nSPS) is 12.1. The van der Waals surface area contributed by atoms with Crippen LogP contribution < -0.4 is 4.74 Å². The Kier molecular flexibility index (Phi) is 5.93. The first kappa shape index (κ1) is 20.1. The number of amides is 1. The van der Waals surface area contributed by atoms with Crippen molar-refractivity contribution >= 4 is 28.4 Å². The number of non-ortho nitro benzene ring substituents is 1.